The molecule has 2 atom stereocenters. The highest BCUT2D eigenvalue weighted by Gasteiger charge is 2.35. The van der Waals surface area contributed by atoms with Crippen molar-refractivity contribution in [1.29, 1.82) is 0 Å². The largest absolute Gasteiger partial charge is 0.445 e. The van der Waals surface area contributed by atoms with Gasteiger partial charge >= 0.3 is 6.09 Å². The van der Waals surface area contributed by atoms with Gasteiger partial charge in [-0.3, -0.25) is 9.88 Å². The van der Waals surface area contributed by atoms with Crippen molar-refractivity contribution in [3.8, 4) is 0 Å². The molecule has 3 aromatic rings. The van der Waals surface area contributed by atoms with Crippen molar-refractivity contribution in [1.82, 2.24) is 10.6 Å². The lowest BCUT2D eigenvalue weighted by atomic mass is 9.87. The van der Waals surface area contributed by atoms with Crippen molar-refractivity contribution in [2.75, 3.05) is 6.29 Å². The van der Waals surface area contributed by atoms with Crippen LogP contribution in [0.2, 0.25) is 0 Å². The smallest absolute Gasteiger partial charge is 0.408 e. The first-order valence-corrected chi connectivity index (χ1v) is 15.0. The van der Waals surface area contributed by atoms with Crippen LogP contribution in [0.25, 0.3) is 0 Å². The Morgan fingerprint density at radius 1 is 0.865 bits per heavy atom. The fraction of sp³-hybridized carbons (Fsp3) is 0.367. The van der Waals surface area contributed by atoms with Crippen molar-refractivity contribution >= 4 is 13.5 Å². The molecule has 3 N–H and O–H groups in total. The summed E-state index contributed by atoms with van der Waals surface area (Å²) in [5, 5.41) is 6.10. The number of ether oxygens (including phenoxy) is 1. The highest BCUT2D eigenvalue weighted by atomic mass is 31.2. The van der Waals surface area contributed by atoms with E-state index in [1.165, 1.54) is 6.42 Å². The van der Waals surface area contributed by atoms with E-state index >= 15 is 0 Å². The monoisotopic (exact) mass is 520 g/mol. The molecule has 1 amide bonds. The summed E-state index contributed by atoms with van der Waals surface area (Å²) in [6.07, 6.45) is 5.14. The molecule has 0 bridgehead atoms. The maximum atomic E-state index is 13.8. The zero-order valence-electron chi connectivity index (χ0n) is 21.2. The number of amides is 1. The normalized spacial score (nSPS) is 16.6. The second kappa shape index (κ2) is 13.6. The number of carbonyl (C=O) groups is 1. The molecule has 1 aliphatic rings. The average Bonchev–Trinajstić information content (AvgIpc) is 2.94. The van der Waals surface area contributed by atoms with Gasteiger partial charge in [0.25, 0.3) is 0 Å². The Labute approximate surface area is 219 Å². The van der Waals surface area contributed by atoms with E-state index in [4.69, 9.17) is 4.74 Å². The zero-order valence-corrected chi connectivity index (χ0v) is 22.1. The molecule has 0 aliphatic heterocycles. The Hall–Kier alpha value is -2.92. The van der Waals surface area contributed by atoms with Crippen LogP contribution in [-0.2, 0) is 15.9 Å². The molecule has 7 heteroatoms. The predicted octanol–water partition coefficient (Wildman–Crippen LogP) is 6.82. The highest BCUT2D eigenvalue weighted by Crippen LogP contribution is 2.48. The number of benzene rings is 3. The van der Waals surface area contributed by atoms with Crippen molar-refractivity contribution in [2.24, 2.45) is 5.92 Å². The van der Waals surface area contributed by atoms with Crippen LogP contribution >= 0.6 is 7.37 Å². The van der Waals surface area contributed by atoms with Gasteiger partial charge in [0.05, 0.1) is 12.3 Å². The molecule has 6 nitrogen and oxygen atoms in total. The summed E-state index contributed by atoms with van der Waals surface area (Å²) >= 11 is 0. The molecular formula is C30H37N2O4P. The van der Waals surface area contributed by atoms with Gasteiger partial charge in [-0.1, -0.05) is 123 Å². The Kier molecular flexibility index (Phi) is 9.95. The first-order chi connectivity index (χ1) is 18.0. The molecule has 3 aromatic carbocycles. The fourth-order valence-corrected chi connectivity index (χ4v) is 6.61. The van der Waals surface area contributed by atoms with Gasteiger partial charge in [-0.25, -0.2) is 4.79 Å². The van der Waals surface area contributed by atoms with Crippen LogP contribution in [-0.4, -0.2) is 23.1 Å². The van der Waals surface area contributed by atoms with Crippen molar-refractivity contribution in [2.45, 2.75) is 57.0 Å². The predicted molar refractivity (Wildman–Crippen MR) is 147 cm³/mol. The third-order valence-electron chi connectivity index (χ3n) is 7.05. The quantitative estimate of drug-likeness (QED) is 0.242. The van der Waals surface area contributed by atoms with E-state index in [2.05, 4.69) is 10.6 Å². The van der Waals surface area contributed by atoms with E-state index in [1.54, 1.807) is 0 Å². The Morgan fingerprint density at radius 3 is 1.97 bits per heavy atom. The van der Waals surface area contributed by atoms with Gasteiger partial charge in [-0.2, -0.15) is 0 Å². The van der Waals surface area contributed by atoms with Gasteiger partial charge < -0.3 is 14.9 Å². The second-order valence-corrected chi connectivity index (χ2v) is 12.3. The number of alkyl carbamates (subject to hydrolysis) is 1. The Morgan fingerprint density at radius 2 is 1.41 bits per heavy atom. The molecule has 1 fully saturated rings. The van der Waals surface area contributed by atoms with Crippen molar-refractivity contribution in [3.05, 3.63) is 108 Å². The van der Waals surface area contributed by atoms with E-state index in [-0.39, 0.29) is 18.9 Å². The lowest BCUT2D eigenvalue weighted by Gasteiger charge is -2.31. The zero-order chi connectivity index (χ0) is 25.9. The molecule has 1 saturated carbocycles. The van der Waals surface area contributed by atoms with Crippen LogP contribution in [0.4, 0.5) is 4.79 Å². The topological polar surface area (TPSA) is 87.7 Å². The van der Waals surface area contributed by atoms with Gasteiger partial charge in [0, 0.05) is 0 Å². The number of nitrogens with one attached hydrogen (secondary N) is 2. The third-order valence-corrected chi connectivity index (χ3v) is 9.00. The highest BCUT2D eigenvalue weighted by molar-refractivity contribution is 7.58. The molecule has 0 saturated heterocycles. The fourth-order valence-electron chi connectivity index (χ4n) is 5.02. The molecule has 37 heavy (non-hydrogen) atoms. The number of rotatable bonds is 11. The van der Waals surface area contributed by atoms with Gasteiger partial charge in [0.1, 0.15) is 12.4 Å². The SMILES string of the molecule is O=C(NC(CC1CCCCC1)P(=O)(O)CNC(c1ccccc1)c1ccccc1)OCc1ccccc1. The third kappa shape index (κ3) is 8.29. The first-order valence-electron chi connectivity index (χ1n) is 13.1. The van der Waals surface area contributed by atoms with Crippen LogP contribution in [0.15, 0.2) is 91.0 Å². The van der Waals surface area contributed by atoms with Gasteiger partial charge in [-0.15, -0.1) is 0 Å². The summed E-state index contributed by atoms with van der Waals surface area (Å²) in [4.78, 5) is 24.0. The Bertz CT molecular complexity index is 1100. The average molecular weight is 521 g/mol. The van der Waals surface area contributed by atoms with Crippen molar-refractivity contribution in [3.63, 3.8) is 0 Å². The molecule has 0 aromatic heterocycles. The minimum atomic E-state index is -3.84. The summed E-state index contributed by atoms with van der Waals surface area (Å²) in [6.45, 7) is 0.112. The van der Waals surface area contributed by atoms with E-state index in [0.717, 1.165) is 42.4 Å². The van der Waals surface area contributed by atoms with E-state index in [0.29, 0.717) is 12.3 Å². The minimum absolute atomic E-state index is 0.112. The maximum Gasteiger partial charge on any atom is 0.408 e. The molecule has 0 spiro atoms. The van der Waals surface area contributed by atoms with Gasteiger partial charge in [0.15, 0.2) is 0 Å². The van der Waals surface area contributed by atoms with Crippen LogP contribution in [0.3, 0.4) is 0 Å². The summed E-state index contributed by atoms with van der Waals surface area (Å²) in [5.74, 6) is -0.564. The maximum absolute atomic E-state index is 13.8. The molecule has 0 heterocycles. The van der Waals surface area contributed by atoms with Crippen LogP contribution in [0.1, 0.15) is 61.3 Å². The van der Waals surface area contributed by atoms with Crippen molar-refractivity contribution < 1.29 is 19.0 Å². The van der Waals surface area contributed by atoms with Crippen LogP contribution in [0, 0.1) is 5.92 Å². The summed E-state index contributed by atoms with van der Waals surface area (Å²) in [5.41, 5.74) is 2.88. The minimum Gasteiger partial charge on any atom is -0.445 e. The number of carbonyl (C=O) groups excluding carboxylic acids is 1. The molecule has 2 unspecified atom stereocenters. The van der Waals surface area contributed by atoms with Crippen LogP contribution in [0.5, 0.6) is 0 Å². The number of hydrogen-bond acceptors (Lipinski definition) is 4. The second-order valence-electron chi connectivity index (χ2n) is 9.83. The molecule has 196 valence electrons. The lowest BCUT2D eigenvalue weighted by Crippen LogP contribution is -2.39. The molecule has 4 rings (SSSR count). The summed E-state index contributed by atoms with van der Waals surface area (Å²) < 4.78 is 19.2. The molecule has 1 aliphatic carbocycles. The van der Waals surface area contributed by atoms with Crippen LogP contribution < -0.4 is 10.6 Å². The van der Waals surface area contributed by atoms with Gasteiger partial charge in [-0.05, 0) is 29.0 Å². The van der Waals surface area contributed by atoms with E-state index in [9.17, 15) is 14.3 Å². The number of hydrogen-bond donors (Lipinski definition) is 3. The lowest BCUT2D eigenvalue weighted by molar-refractivity contribution is 0.136. The summed E-state index contributed by atoms with van der Waals surface area (Å²) in [7, 11) is -3.84. The van der Waals surface area contributed by atoms with E-state index in [1.807, 2.05) is 91.0 Å². The molecule has 0 radical (unpaired) electrons. The van der Waals surface area contributed by atoms with Gasteiger partial charge in [0.2, 0.25) is 7.37 Å². The standard InChI is InChI=1S/C30H37N2O4P/c33-30(36-22-25-15-7-2-8-16-25)32-28(21-24-13-5-1-6-14-24)37(34,35)23-31-29(26-17-9-3-10-18-26)27-19-11-4-12-20-27/h2-4,7-12,15-20,24,28-29,31H,1,5-6,13-14,21-23H2,(H,32,33)(H,34,35). The van der Waals surface area contributed by atoms with E-state index < -0.39 is 19.2 Å². The first kappa shape index (κ1) is 27.1. The Balaban J connectivity index is 1.47. The molecular weight excluding hydrogens is 483 g/mol. The summed E-state index contributed by atoms with van der Waals surface area (Å²) in [6, 6.07) is 28.9.